The summed E-state index contributed by atoms with van der Waals surface area (Å²) in [4.78, 5) is 0. The topological polar surface area (TPSA) is 38.7 Å². The molecule has 1 N–H and O–H groups in total. The van der Waals surface area contributed by atoms with Gasteiger partial charge >= 0.3 is 0 Å². The number of allylic oxidation sites excluding steroid dienone is 6. The van der Waals surface area contributed by atoms with E-state index in [9.17, 15) is 5.11 Å². The quantitative estimate of drug-likeness (QED) is 0.582. The van der Waals surface area contributed by atoms with E-state index in [0.29, 0.717) is 17.9 Å². The predicted molar refractivity (Wildman–Crippen MR) is 103 cm³/mol. The summed E-state index contributed by atoms with van der Waals surface area (Å²) in [6.45, 7) is 8.87. The van der Waals surface area contributed by atoms with Crippen molar-refractivity contribution in [3.8, 4) is 17.2 Å². The molecule has 0 aliphatic carbocycles. The van der Waals surface area contributed by atoms with Crippen LogP contribution in [0, 0.1) is 0 Å². The fourth-order valence-corrected chi connectivity index (χ4v) is 2.83. The molecule has 0 amide bonds. The third kappa shape index (κ3) is 6.00. The monoisotopic (exact) mass is 342 g/mol. The Morgan fingerprint density at radius 1 is 0.960 bits per heavy atom. The Bertz CT molecular complexity index is 677. The van der Waals surface area contributed by atoms with Crippen LogP contribution in [0.2, 0.25) is 0 Å². The van der Waals surface area contributed by atoms with Crippen LogP contribution in [0.3, 0.4) is 0 Å². The van der Waals surface area contributed by atoms with E-state index in [0.717, 1.165) is 31.2 Å². The van der Waals surface area contributed by atoms with Crippen molar-refractivity contribution in [2.24, 2.45) is 0 Å². The lowest BCUT2D eigenvalue weighted by Crippen LogP contribution is -1.94. The summed E-state index contributed by atoms with van der Waals surface area (Å²) in [5.41, 5.74) is 4.97. The van der Waals surface area contributed by atoms with Crippen molar-refractivity contribution in [3.63, 3.8) is 0 Å². The van der Waals surface area contributed by atoms with Crippen LogP contribution in [-0.2, 0) is 6.42 Å². The van der Waals surface area contributed by atoms with Crippen molar-refractivity contribution in [2.75, 3.05) is 6.79 Å². The molecule has 3 heteroatoms. The molecule has 25 heavy (non-hydrogen) atoms. The van der Waals surface area contributed by atoms with Crippen LogP contribution in [0.15, 0.2) is 47.1 Å². The lowest BCUT2D eigenvalue weighted by molar-refractivity contribution is 0.173. The van der Waals surface area contributed by atoms with Crippen LogP contribution in [0.5, 0.6) is 17.2 Å². The molecular formula is C22H30O3. The molecule has 0 unspecified atom stereocenters. The number of aromatic hydroxyl groups is 1. The van der Waals surface area contributed by atoms with E-state index in [1.165, 1.54) is 16.7 Å². The Balaban J connectivity index is 1.85. The van der Waals surface area contributed by atoms with Gasteiger partial charge in [0.2, 0.25) is 6.79 Å². The van der Waals surface area contributed by atoms with E-state index in [1.54, 1.807) is 12.1 Å². The molecule has 0 aromatic heterocycles. The van der Waals surface area contributed by atoms with Crippen molar-refractivity contribution in [1.29, 1.82) is 0 Å². The maximum Gasteiger partial charge on any atom is 0.231 e. The van der Waals surface area contributed by atoms with E-state index in [4.69, 9.17) is 9.47 Å². The Morgan fingerprint density at radius 2 is 1.64 bits per heavy atom. The van der Waals surface area contributed by atoms with E-state index < -0.39 is 0 Å². The number of phenolic OH excluding ortho intramolecular Hbond substituents is 1. The fraction of sp³-hybridized carbons (Fsp3) is 0.455. The van der Waals surface area contributed by atoms with Gasteiger partial charge in [0.25, 0.3) is 0 Å². The third-order valence-electron chi connectivity index (χ3n) is 4.39. The molecule has 0 saturated heterocycles. The number of phenols is 1. The first-order chi connectivity index (χ1) is 12.0. The number of ether oxygens (including phenoxy) is 2. The number of benzene rings is 1. The zero-order valence-electron chi connectivity index (χ0n) is 15.9. The second-order valence-electron chi connectivity index (χ2n) is 6.96. The number of hydrogen-bond donors (Lipinski definition) is 1. The SMILES string of the molecule is CC(C)=CCC/C(C)=C/CC/C(C)=C/Cc1c(O)ccc2c1OCO2. The average molecular weight is 342 g/mol. The van der Waals surface area contributed by atoms with Crippen LogP contribution < -0.4 is 9.47 Å². The second kappa shape index (κ2) is 9.36. The largest absolute Gasteiger partial charge is 0.508 e. The molecule has 136 valence electrons. The molecule has 0 atom stereocenters. The summed E-state index contributed by atoms with van der Waals surface area (Å²) >= 11 is 0. The summed E-state index contributed by atoms with van der Waals surface area (Å²) in [6, 6.07) is 3.42. The highest BCUT2D eigenvalue weighted by atomic mass is 16.7. The Kier molecular flexibility index (Phi) is 7.17. The van der Waals surface area contributed by atoms with Crippen molar-refractivity contribution in [3.05, 3.63) is 52.6 Å². The van der Waals surface area contributed by atoms with Crippen molar-refractivity contribution in [2.45, 2.75) is 59.8 Å². The van der Waals surface area contributed by atoms with Crippen molar-refractivity contribution >= 4 is 0 Å². The molecule has 1 aliphatic rings. The number of rotatable bonds is 8. The molecule has 1 aromatic rings. The van der Waals surface area contributed by atoms with Gasteiger partial charge in [0.15, 0.2) is 11.5 Å². The van der Waals surface area contributed by atoms with Gasteiger partial charge in [-0.05, 0) is 71.9 Å². The van der Waals surface area contributed by atoms with Gasteiger partial charge in [0, 0.05) is 5.56 Å². The molecule has 1 heterocycles. The summed E-state index contributed by atoms with van der Waals surface area (Å²) in [7, 11) is 0. The van der Waals surface area contributed by atoms with Crippen molar-refractivity contribution < 1.29 is 14.6 Å². The minimum atomic E-state index is 0.227. The minimum absolute atomic E-state index is 0.227. The Labute approximate surface area is 151 Å². The lowest BCUT2D eigenvalue weighted by atomic mass is 10.0. The molecule has 2 rings (SSSR count). The molecule has 1 aromatic carbocycles. The first-order valence-electron chi connectivity index (χ1n) is 9.02. The van der Waals surface area contributed by atoms with E-state index in [-0.39, 0.29) is 12.5 Å². The normalized spacial score (nSPS) is 13.9. The summed E-state index contributed by atoms with van der Waals surface area (Å²) in [6.07, 6.45) is 11.8. The highest BCUT2D eigenvalue weighted by molar-refractivity contribution is 5.55. The van der Waals surface area contributed by atoms with Crippen LogP contribution in [-0.4, -0.2) is 11.9 Å². The zero-order valence-corrected chi connectivity index (χ0v) is 15.9. The van der Waals surface area contributed by atoms with Crippen LogP contribution in [0.1, 0.15) is 58.9 Å². The molecular weight excluding hydrogens is 312 g/mol. The van der Waals surface area contributed by atoms with Gasteiger partial charge in [-0.15, -0.1) is 0 Å². The van der Waals surface area contributed by atoms with Crippen LogP contribution in [0.25, 0.3) is 0 Å². The van der Waals surface area contributed by atoms with Gasteiger partial charge in [-0.1, -0.05) is 34.9 Å². The maximum absolute atomic E-state index is 10.1. The zero-order chi connectivity index (χ0) is 18.2. The standard InChI is InChI=1S/C22H30O3/c1-16(2)7-5-8-17(3)9-6-10-18(4)11-12-19-20(23)13-14-21-22(19)25-15-24-21/h7,9,11,13-14,23H,5-6,8,10,12,15H2,1-4H3/b17-9+,18-11+. The van der Waals surface area contributed by atoms with Gasteiger partial charge in [0.05, 0.1) is 0 Å². The third-order valence-corrected chi connectivity index (χ3v) is 4.39. The number of fused-ring (bicyclic) bond motifs is 1. The Morgan fingerprint density at radius 3 is 2.36 bits per heavy atom. The second-order valence-corrected chi connectivity index (χ2v) is 6.96. The first kappa shape index (κ1) is 19.2. The smallest absolute Gasteiger partial charge is 0.231 e. The molecule has 0 fully saturated rings. The van der Waals surface area contributed by atoms with Crippen LogP contribution in [0.4, 0.5) is 0 Å². The van der Waals surface area contributed by atoms with E-state index in [1.807, 2.05) is 0 Å². The fourth-order valence-electron chi connectivity index (χ4n) is 2.83. The molecule has 1 aliphatic heterocycles. The lowest BCUT2D eigenvalue weighted by Gasteiger charge is -2.07. The molecule has 0 spiro atoms. The summed E-state index contributed by atoms with van der Waals surface area (Å²) in [5, 5.41) is 10.1. The average Bonchev–Trinajstić information content (AvgIpc) is 3.02. The van der Waals surface area contributed by atoms with E-state index >= 15 is 0 Å². The first-order valence-corrected chi connectivity index (χ1v) is 9.02. The summed E-state index contributed by atoms with van der Waals surface area (Å²) in [5.74, 6) is 1.66. The van der Waals surface area contributed by atoms with Crippen LogP contribution >= 0.6 is 0 Å². The highest BCUT2D eigenvalue weighted by Crippen LogP contribution is 2.40. The summed E-state index contributed by atoms with van der Waals surface area (Å²) < 4.78 is 10.9. The number of hydrogen-bond acceptors (Lipinski definition) is 3. The highest BCUT2D eigenvalue weighted by Gasteiger charge is 2.19. The molecule has 3 nitrogen and oxygen atoms in total. The van der Waals surface area contributed by atoms with Gasteiger partial charge in [-0.25, -0.2) is 0 Å². The van der Waals surface area contributed by atoms with E-state index in [2.05, 4.69) is 45.9 Å². The van der Waals surface area contributed by atoms with Crippen molar-refractivity contribution in [1.82, 2.24) is 0 Å². The van der Waals surface area contributed by atoms with Gasteiger partial charge in [-0.2, -0.15) is 0 Å². The minimum Gasteiger partial charge on any atom is -0.508 e. The molecule has 0 saturated carbocycles. The molecule has 0 bridgehead atoms. The Hall–Kier alpha value is -2.16. The predicted octanol–water partition coefficient (Wildman–Crippen LogP) is 6.08. The van der Waals surface area contributed by atoms with Gasteiger partial charge in [0.1, 0.15) is 5.75 Å². The van der Waals surface area contributed by atoms with Gasteiger partial charge < -0.3 is 14.6 Å². The maximum atomic E-state index is 10.1. The molecule has 0 radical (unpaired) electrons. The van der Waals surface area contributed by atoms with Gasteiger partial charge in [-0.3, -0.25) is 0 Å².